The number of ether oxygens (including phenoxy) is 1. The van der Waals surface area contributed by atoms with Crippen molar-refractivity contribution in [1.82, 2.24) is 4.90 Å². The summed E-state index contributed by atoms with van der Waals surface area (Å²) < 4.78 is 30.4. The summed E-state index contributed by atoms with van der Waals surface area (Å²) >= 11 is 0. The molecule has 0 bridgehead atoms. The summed E-state index contributed by atoms with van der Waals surface area (Å²) in [6.07, 6.45) is 0.346. The summed E-state index contributed by atoms with van der Waals surface area (Å²) in [5, 5.41) is 0. The van der Waals surface area contributed by atoms with Gasteiger partial charge in [0.1, 0.15) is 0 Å². The number of hydrogen-bond acceptors (Lipinski definition) is 3. The van der Waals surface area contributed by atoms with Crippen LogP contribution in [0.2, 0.25) is 0 Å². The normalized spacial score (nSPS) is 24.8. The Kier molecular flexibility index (Phi) is 2.85. The van der Waals surface area contributed by atoms with Gasteiger partial charge in [-0.25, -0.2) is 4.79 Å². The van der Waals surface area contributed by atoms with Crippen LogP contribution < -0.4 is 0 Å². The standard InChI is InChI=1S/C8H13F2NO2/c1-11-4-3-6(5-11)8(9,10)7(12)13-2/h6H,3-5H2,1-2H3. The minimum Gasteiger partial charge on any atom is -0.465 e. The molecule has 1 heterocycles. The highest BCUT2D eigenvalue weighted by atomic mass is 19.3. The third-order valence-corrected chi connectivity index (χ3v) is 2.36. The number of carbonyl (C=O) groups is 1. The zero-order chi connectivity index (χ0) is 10.1. The van der Waals surface area contributed by atoms with Crippen LogP contribution in [0, 0.1) is 5.92 Å². The molecule has 0 radical (unpaired) electrons. The number of carbonyl (C=O) groups excluding carboxylic acids is 1. The van der Waals surface area contributed by atoms with Crippen LogP contribution in [-0.4, -0.2) is 44.0 Å². The first-order chi connectivity index (χ1) is 5.98. The largest absolute Gasteiger partial charge is 0.465 e. The van der Waals surface area contributed by atoms with Crippen molar-refractivity contribution in [3.8, 4) is 0 Å². The SMILES string of the molecule is COC(=O)C(F)(F)C1CCN(C)C1. The van der Waals surface area contributed by atoms with Crippen molar-refractivity contribution in [3.63, 3.8) is 0 Å². The number of rotatable bonds is 2. The van der Waals surface area contributed by atoms with Crippen LogP contribution in [0.25, 0.3) is 0 Å². The van der Waals surface area contributed by atoms with Crippen LogP contribution in [0.5, 0.6) is 0 Å². The maximum absolute atomic E-state index is 13.2. The molecule has 0 aromatic rings. The number of methoxy groups -OCH3 is 1. The first kappa shape index (κ1) is 10.4. The Morgan fingerprint density at radius 2 is 2.23 bits per heavy atom. The van der Waals surface area contributed by atoms with E-state index in [0.29, 0.717) is 13.0 Å². The first-order valence-corrected chi connectivity index (χ1v) is 4.13. The Morgan fingerprint density at radius 1 is 1.62 bits per heavy atom. The molecule has 1 saturated heterocycles. The van der Waals surface area contributed by atoms with Crippen molar-refractivity contribution in [2.75, 3.05) is 27.2 Å². The molecule has 0 spiro atoms. The maximum atomic E-state index is 13.2. The second-order valence-electron chi connectivity index (χ2n) is 3.36. The molecule has 1 aliphatic heterocycles. The van der Waals surface area contributed by atoms with E-state index >= 15 is 0 Å². The summed E-state index contributed by atoms with van der Waals surface area (Å²) in [5.74, 6) is -5.66. The Labute approximate surface area is 75.7 Å². The van der Waals surface area contributed by atoms with Crippen LogP contribution in [-0.2, 0) is 9.53 Å². The molecule has 13 heavy (non-hydrogen) atoms. The fourth-order valence-electron chi connectivity index (χ4n) is 1.53. The third kappa shape index (κ3) is 1.96. The smallest absolute Gasteiger partial charge is 0.377 e. The molecule has 1 rings (SSSR count). The average molecular weight is 193 g/mol. The minimum atomic E-state index is -3.33. The predicted octanol–water partition coefficient (Wildman–Crippen LogP) is 0.746. The van der Waals surface area contributed by atoms with Crippen LogP contribution in [0.4, 0.5) is 8.78 Å². The average Bonchev–Trinajstić information content (AvgIpc) is 2.50. The summed E-state index contributed by atoms with van der Waals surface area (Å²) in [5.41, 5.74) is 0. The number of nitrogens with zero attached hydrogens (tertiary/aromatic N) is 1. The molecule has 0 aromatic heterocycles. The molecule has 1 unspecified atom stereocenters. The lowest BCUT2D eigenvalue weighted by molar-refractivity contribution is -0.176. The Morgan fingerprint density at radius 3 is 2.62 bits per heavy atom. The van der Waals surface area contributed by atoms with Gasteiger partial charge in [-0.05, 0) is 20.0 Å². The molecule has 1 fully saturated rings. The molecule has 0 amide bonds. The fourth-order valence-corrected chi connectivity index (χ4v) is 1.53. The summed E-state index contributed by atoms with van der Waals surface area (Å²) in [6.45, 7) is 0.860. The third-order valence-electron chi connectivity index (χ3n) is 2.36. The highest BCUT2D eigenvalue weighted by molar-refractivity contribution is 5.77. The van der Waals surface area contributed by atoms with E-state index in [2.05, 4.69) is 4.74 Å². The number of alkyl halides is 2. The number of halogens is 2. The second-order valence-corrected chi connectivity index (χ2v) is 3.36. The molecule has 0 N–H and O–H groups in total. The van der Waals surface area contributed by atoms with Crippen LogP contribution in [0.3, 0.4) is 0 Å². The van der Waals surface area contributed by atoms with E-state index in [9.17, 15) is 13.6 Å². The van der Waals surface area contributed by atoms with Gasteiger partial charge in [0, 0.05) is 12.5 Å². The van der Waals surface area contributed by atoms with Gasteiger partial charge >= 0.3 is 11.9 Å². The molecule has 3 nitrogen and oxygen atoms in total. The van der Waals surface area contributed by atoms with E-state index in [1.807, 2.05) is 0 Å². The van der Waals surface area contributed by atoms with Crippen LogP contribution in [0.15, 0.2) is 0 Å². The molecule has 5 heteroatoms. The zero-order valence-corrected chi connectivity index (χ0v) is 7.72. The fraction of sp³-hybridized carbons (Fsp3) is 0.875. The molecular weight excluding hydrogens is 180 g/mol. The monoisotopic (exact) mass is 193 g/mol. The Hall–Kier alpha value is -0.710. The van der Waals surface area contributed by atoms with Gasteiger partial charge in [0.25, 0.3) is 0 Å². The van der Waals surface area contributed by atoms with Crippen LogP contribution in [0.1, 0.15) is 6.42 Å². The number of likely N-dealkylation sites (tertiary alicyclic amines) is 1. The van der Waals surface area contributed by atoms with Crippen LogP contribution >= 0.6 is 0 Å². The van der Waals surface area contributed by atoms with Gasteiger partial charge in [-0.1, -0.05) is 0 Å². The van der Waals surface area contributed by atoms with E-state index in [1.54, 1.807) is 11.9 Å². The van der Waals surface area contributed by atoms with Crippen molar-refractivity contribution in [2.45, 2.75) is 12.3 Å². The quantitative estimate of drug-likeness (QED) is 0.606. The molecule has 1 atom stereocenters. The predicted molar refractivity (Wildman–Crippen MR) is 42.6 cm³/mol. The number of hydrogen-bond donors (Lipinski definition) is 0. The van der Waals surface area contributed by atoms with E-state index in [1.165, 1.54) is 0 Å². The lowest BCUT2D eigenvalue weighted by atomic mass is 10.0. The maximum Gasteiger partial charge on any atom is 0.377 e. The molecule has 0 aliphatic carbocycles. The van der Waals surface area contributed by atoms with Crippen molar-refractivity contribution in [1.29, 1.82) is 0 Å². The minimum absolute atomic E-state index is 0.252. The Bertz CT molecular complexity index is 208. The summed E-state index contributed by atoms with van der Waals surface area (Å²) in [6, 6.07) is 0. The van der Waals surface area contributed by atoms with Crippen molar-refractivity contribution < 1.29 is 18.3 Å². The van der Waals surface area contributed by atoms with Gasteiger partial charge in [0.2, 0.25) is 0 Å². The van der Waals surface area contributed by atoms with E-state index in [4.69, 9.17) is 0 Å². The van der Waals surface area contributed by atoms with Gasteiger partial charge in [-0.2, -0.15) is 8.78 Å². The molecular formula is C8H13F2NO2. The first-order valence-electron chi connectivity index (χ1n) is 4.13. The van der Waals surface area contributed by atoms with Crippen molar-refractivity contribution in [3.05, 3.63) is 0 Å². The van der Waals surface area contributed by atoms with Gasteiger partial charge < -0.3 is 9.64 Å². The molecule has 0 aromatic carbocycles. The van der Waals surface area contributed by atoms with E-state index < -0.39 is 17.8 Å². The molecule has 76 valence electrons. The molecule has 1 aliphatic rings. The van der Waals surface area contributed by atoms with Gasteiger partial charge in [-0.3, -0.25) is 0 Å². The lowest BCUT2D eigenvalue weighted by Gasteiger charge is -2.19. The summed E-state index contributed by atoms with van der Waals surface area (Å²) in [7, 11) is 2.74. The van der Waals surface area contributed by atoms with E-state index in [0.717, 1.165) is 7.11 Å². The van der Waals surface area contributed by atoms with Crippen molar-refractivity contribution >= 4 is 5.97 Å². The highest BCUT2D eigenvalue weighted by Crippen LogP contribution is 2.32. The van der Waals surface area contributed by atoms with Gasteiger partial charge in [-0.15, -0.1) is 0 Å². The van der Waals surface area contributed by atoms with Gasteiger partial charge in [0.05, 0.1) is 7.11 Å². The van der Waals surface area contributed by atoms with E-state index in [-0.39, 0.29) is 6.54 Å². The zero-order valence-electron chi connectivity index (χ0n) is 7.72. The Balaban J connectivity index is 2.64. The second kappa shape index (κ2) is 3.57. The topological polar surface area (TPSA) is 29.5 Å². The highest BCUT2D eigenvalue weighted by Gasteiger charge is 2.50. The lowest BCUT2D eigenvalue weighted by Crippen LogP contribution is -2.39. The molecule has 0 saturated carbocycles. The van der Waals surface area contributed by atoms with Gasteiger partial charge in [0.15, 0.2) is 0 Å². The summed E-state index contributed by atoms with van der Waals surface area (Å²) in [4.78, 5) is 12.5. The number of esters is 1. The van der Waals surface area contributed by atoms with Crippen molar-refractivity contribution in [2.24, 2.45) is 5.92 Å².